The third kappa shape index (κ3) is 0.623. The molecule has 2 N–H and O–H groups in total. The van der Waals surface area contributed by atoms with Crippen LogP contribution in [0.2, 0.25) is 0 Å². The number of ether oxygens (including phenoxy) is 1. The van der Waals surface area contributed by atoms with Gasteiger partial charge in [0, 0.05) is 7.11 Å². The van der Waals surface area contributed by atoms with Gasteiger partial charge in [-0.2, -0.15) is 0 Å². The zero-order chi connectivity index (χ0) is 7.14. The molecular weight excluding hydrogens is 132 g/mol. The monoisotopic (exact) mass is 142 g/mol. The second-order valence-electron chi connectivity index (χ2n) is 2.76. The molecule has 0 aromatic rings. The molecule has 3 unspecified atom stereocenters. The molecule has 4 heteroatoms. The number of hydrogen-bond donors (Lipinski definition) is 2. The topological polar surface area (TPSA) is 50.4 Å². The number of nitrogens with one attached hydrogen (secondary N) is 2. The first-order valence-electron chi connectivity index (χ1n) is 3.41. The molecule has 1 saturated carbocycles. The van der Waals surface area contributed by atoms with Gasteiger partial charge >= 0.3 is 6.03 Å². The Kier molecular flexibility index (Phi) is 1.11. The smallest absolute Gasteiger partial charge is 0.315 e. The van der Waals surface area contributed by atoms with Crippen LogP contribution in [-0.4, -0.2) is 31.3 Å². The van der Waals surface area contributed by atoms with Crippen molar-refractivity contribution in [3.05, 3.63) is 0 Å². The SMILES string of the molecule is COC1CC2NC(=O)NC21. The highest BCUT2D eigenvalue weighted by Gasteiger charge is 2.47. The van der Waals surface area contributed by atoms with E-state index in [1.165, 1.54) is 0 Å². The summed E-state index contributed by atoms with van der Waals surface area (Å²) in [6.45, 7) is 0. The van der Waals surface area contributed by atoms with Crippen molar-refractivity contribution in [1.82, 2.24) is 10.6 Å². The summed E-state index contributed by atoms with van der Waals surface area (Å²) < 4.78 is 5.09. The maximum atomic E-state index is 10.7. The van der Waals surface area contributed by atoms with Crippen molar-refractivity contribution in [3.63, 3.8) is 0 Å². The van der Waals surface area contributed by atoms with Gasteiger partial charge in [0.1, 0.15) is 0 Å². The minimum absolute atomic E-state index is 0.0606. The van der Waals surface area contributed by atoms with Gasteiger partial charge in [-0.3, -0.25) is 0 Å². The second-order valence-corrected chi connectivity index (χ2v) is 2.76. The van der Waals surface area contributed by atoms with E-state index < -0.39 is 0 Å². The molecule has 2 rings (SSSR count). The second kappa shape index (κ2) is 1.85. The fourth-order valence-electron chi connectivity index (χ4n) is 1.55. The lowest BCUT2D eigenvalue weighted by molar-refractivity contribution is 0.00359. The number of carbonyl (C=O) groups is 1. The standard InChI is InChI=1S/C6H10N2O2/c1-10-4-2-3-5(4)8-6(9)7-3/h3-5H,2H2,1H3,(H2,7,8,9). The van der Waals surface area contributed by atoms with E-state index in [0.717, 1.165) is 6.42 Å². The Morgan fingerprint density at radius 3 is 3.00 bits per heavy atom. The summed E-state index contributed by atoms with van der Waals surface area (Å²) in [5, 5.41) is 5.57. The first-order chi connectivity index (χ1) is 4.81. The molecule has 10 heavy (non-hydrogen) atoms. The van der Waals surface area contributed by atoms with Crippen LogP contribution < -0.4 is 10.6 Å². The summed E-state index contributed by atoms with van der Waals surface area (Å²) in [5.41, 5.74) is 0. The fraction of sp³-hybridized carbons (Fsp3) is 0.833. The Balaban J connectivity index is 1.99. The van der Waals surface area contributed by atoms with Crippen molar-refractivity contribution in [2.75, 3.05) is 7.11 Å². The van der Waals surface area contributed by atoms with Crippen molar-refractivity contribution >= 4 is 6.03 Å². The van der Waals surface area contributed by atoms with E-state index in [9.17, 15) is 4.79 Å². The summed E-state index contributed by atoms with van der Waals surface area (Å²) in [6.07, 6.45) is 1.17. The summed E-state index contributed by atoms with van der Waals surface area (Å²) in [6, 6.07) is 0.476. The molecule has 1 saturated heterocycles. The molecule has 0 aromatic heterocycles. The van der Waals surface area contributed by atoms with Crippen LogP contribution in [0.1, 0.15) is 6.42 Å². The van der Waals surface area contributed by atoms with Crippen LogP contribution in [0.5, 0.6) is 0 Å². The van der Waals surface area contributed by atoms with Crippen LogP contribution in [0.15, 0.2) is 0 Å². The molecule has 2 fully saturated rings. The van der Waals surface area contributed by atoms with Gasteiger partial charge in [-0.1, -0.05) is 0 Å². The Hall–Kier alpha value is -0.770. The van der Waals surface area contributed by atoms with Gasteiger partial charge in [-0.15, -0.1) is 0 Å². The molecule has 56 valence electrons. The molecular formula is C6H10N2O2. The van der Waals surface area contributed by atoms with Gasteiger partial charge in [-0.05, 0) is 6.42 Å². The average Bonchev–Trinajstić information content (AvgIpc) is 2.15. The maximum absolute atomic E-state index is 10.7. The number of methoxy groups -OCH3 is 1. The van der Waals surface area contributed by atoms with Crippen LogP contribution in [0.25, 0.3) is 0 Å². The van der Waals surface area contributed by atoms with E-state index in [-0.39, 0.29) is 18.2 Å². The van der Waals surface area contributed by atoms with Crippen molar-refractivity contribution in [2.45, 2.75) is 24.6 Å². The highest BCUT2D eigenvalue weighted by molar-refractivity contribution is 5.78. The minimum atomic E-state index is -0.0606. The van der Waals surface area contributed by atoms with Gasteiger partial charge in [0.2, 0.25) is 0 Å². The molecule has 2 amide bonds. The number of amides is 2. The van der Waals surface area contributed by atoms with E-state index in [4.69, 9.17) is 4.74 Å². The zero-order valence-electron chi connectivity index (χ0n) is 5.76. The number of hydrogen-bond acceptors (Lipinski definition) is 2. The van der Waals surface area contributed by atoms with Gasteiger partial charge in [0.15, 0.2) is 0 Å². The van der Waals surface area contributed by atoms with Crippen molar-refractivity contribution < 1.29 is 9.53 Å². The van der Waals surface area contributed by atoms with Crippen LogP contribution >= 0.6 is 0 Å². The highest BCUT2D eigenvalue weighted by Crippen LogP contribution is 2.26. The summed E-state index contributed by atoms with van der Waals surface area (Å²) in [7, 11) is 1.67. The molecule has 1 aliphatic carbocycles. The van der Waals surface area contributed by atoms with E-state index in [0.29, 0.717) is 6.04 Å². The number of rotatable bonds is 1. The quantitative estimate of drug-likeness (QED) is 0.516. The molecule has 2 aliphatic rings. The molecule has 1 heterocycles. The molecule has 3 atom stereocenters. The lowest BCUT2D eigenvalue weighted by Gasteiger charge is -2.37. The maximum Gasteiger partial charge on any atom is 0.315 e. The van der Waals surface area contributed by atoms with Crippen LogP contribution in [0, 0.1) is 0 Å². The Labute approximate surface area is 58.9 Å². The van der Waals surface area contributed by atoms with Gasteiger partial charge in [-0.25, -0.2) is 4.79 Å². The molecule has 0 aromatic carbocycles. The number of fused-ring (bicyclic) bond motifs is 1. The predicted octanol–water partition coefficient (Wildman–Crippen LogP) is -0.545. The van der Waals surface area contributed by atoms with Gasteiger partial charge in [0.25, 0.3) is 0 Å². The first-order valence-corrected chi connectivity index (χ1v) is 3.41. The van der Waals surface area contributed by atoms with E-state index in [1.807, 2.05) is 0 Å². The van der Waals surface area contributed by atoms with Crippen LogP contribution in [-0.2, 0) is 4.74 Å². The van der Waals surface area contributed by atoms with Crippen LogP contribution in [0.3, 0.4) is 0 Å². The Morgan fingerprint density at radius 2 is 2.40 bits per heavy atom. The highest BCUT2D eigenvalue weighted by atomic mass is 16.5. The van der Waals surface area contributed by atoms with Crippen molar-refractivity contribution in [2.24, 2.45) is 0 Å². The Morgan fingerprint density at radius 1 is 1.60 bits per heavy atom. The summed E-state index contributed by atoms with van der Waals surface area (Å²) in [5.74, 6) is 0. The third-order valence-corrected chi connectivity index (χ3v) is 2.24. The fourth-order valence-corrected chi connectivity index (χ4v) is 1.55. The van der Waals surface area contributed by atoms with Gasteiger partial charge in [0.05, 0.1) is 18.2 Å². The normalized spacial score (nSPS) is 43.3. The lowest BCUT2D eigenvalue weighted by atomic mass is 9.84. The third-order valence-electron chi connectivity index (χ3n) is 2.24. The largest absolute Gasteiger partial charge is 0.379 e. The van der Waals surface area contributed by atoms with Crippen molar-refractivity contribution in [1.29, 1.82) is 0 Å². The Bertz CT molecular complexity index is 171. The zero-order valence-corrected chi connectivity index (χ0v) is 5.76. The van der Waals surface area contributed by atoms with Crippen molar-refractivity contribution in [3.8, 4) is 0 Å². The average molecular weight is 142 g/mol. The van der Waals surface area contributed by atoms with E-state index >= 15 is 0 Å². The molecule has 0 bridgehead atoms. The first kappa shape index (κ1) is 5.97. The predicted molar refractivity (Wildman–Crippen MR) is 34.7 cm³/mol. The van der Waals surface area contributed by atoms with E-state index in [1.54, 1.807) is 7.11 Å². The number of carbonyl (C=O) groups excluding carboxylic acids is 1. The molecule has 0 radical (unpaired) electrons. The van der Waals surface area contributed by atoms with Crippen LogP contribution in [0.4, 0.5) is 4.79 Å². The molecule has 1 aliphatic heterocycles. The minimum Gasteiger partial charge on any atom is -0.379 e. The summed E-state index contributed by atoms with van der Waals surface area (Å²) in [4.78, 5) is 10.7. The molecule has 0 spiro atoms. The molecule has 4 nitrogen and oxygen atoms in total. The van der Waals surface area contributed by atoms with E-state index in [2.05, 4.69) is 10.6 Å². The lowest BCUT2D eigenvalue weighted by Crippen LogP contribution is -2.56. The summed E-state index contributed by atoms with van der Waals surface area (Å²) >= 11 is 0. The number of urea groups is 1. The van der Waals surface area contributed by atoms with Gasteiger partial charge < -0.3 is 15.4 Å².